The molecule has 2 atom stereocenters. The van der Waals surface area contributed by atoms with Crippen LogP contribution in [-0.4, -0.2) is 38.6 Å². The number of nitrogens with two attached hydrogens (primary N) is 1. The van der Waals surface area contributed by atoms with E-state index in [0.717, 1.165) is 12.2 Å². The predicted octanol–water partition coefficient (Wildman–Crippen LogP) is 0.710. The number of hydrogen-bond donors (Lipinski definition) is 1. The maximum absolute atomic E-state index is 11.9. The fraction of sp³-hybridized carbons (Fsp3) is 0.615. The van der Waals surface area contributed by atoms with Crippen LogP contribution in [-0.2, 0) is 6.54 Å². The molecule has 0 spiro atoms. The van der Waals surface area contributed by atoms with Gasteiger partial charge in [0, 0.05) is 25.2 Å². The van der Waals surface area contributed by atoms with Gasteiger partial charge in [0.15, 0.2) is 0 Å². The summed E-state index contributed by atoms with van der Waals surface area (Å²) in [6, 6.07) is 1.96. The van der Waals surface area contributed by atoms with Gasteiger partial charge in [-0.15, -0.1) is 0 Å². The van der Waals surface area contributed by atoms with Gasteiger partial charge in [-0.25, -0.2) is 4.98 Å². The Morgan fingerprint density at radius 3 is 3.20 bits per heavy atom. The molecule has 3 rings (SSSR count). The minimum atomic E-state index is -0.111. The highest BCUT2D eigenvalue weighted by Gasteiger charge is 2.27. The molecular formula is C13H19N5OS. The fourth-order valence-corrected chi connectivity index (χ4v) is 3.64. The average molecular weight is 293 g/mol. The minimum Gasteiger partial charge on any atom is -0.329 e. The first-order valence-electron chi connectivity index (χ1n) is 6.95. The van der Waals surface area contributed by atoms with Gasteiger partial charge < -0.3 is 5.73 Å². The lowest BCUT2D eigenvalue weighted by Crippen LogP contribution is -2.48. The second-order valence-corrected chi connectivity index (χ2v) is 6.22. The van der Waals surface area contributed by atoms with Gasteiger partial charge >= 0.3 is 0 Å². The van der Waals surface area contributed by atoms with Crippen LogP contribution in [0.1, 0.15) is 25.5 Å². The summed E-state index contributed by atoms with van der Waals surface area (Å²) in [6.45, 7) is 4.62. The van der Waals surface area contributed by atoms with Gasteiger partial charge in [0.1, 0.15) is 5.51 Å². The van der Waals surface area contributed by atoms with E-state index in [9.17, 15) is 4.79 Å². The molecule has 2 aromatic heterocycles. The van der Waals surface area contributed by atoms with Crippen molar-refractivity contribution in [3.63, 3.8) is 0 Å². The minimum absolute atomic E-state index is 0.111. The average Bonchev–Trinajstić information content (AvgIpc) is 2.88. The fourth-order valence-electron chi connectivity index (χ4n) is 3.00. The molecule has 0 aromatic carbocycles. The first-order chi connectivity index (χ1) is 9.69. The lowest BCUT2D eigenvalue weighted by molar-refractivity contribution is 0.0978. The summed E-state index contributed by atoms with van der Waals surface area (Å²) >= 11 is 1.38. The lowest BCUT2D eigenvalue weighted by atomic mass is 9.90. The summed E-state index contributed by atoms with van der Waals surface area (Å²) in [5.41, 5.74) is 8.25. The van der Waals surface area contributed by atoms with E-state index in [-0.39, 0.29) is 5.56 Å². The number of hydrogen-bond acceptors (Lipinski definition) is 6. The lowest BCUT2D eigenvalue weighted by Gasteiger charge is -2.39. The topological polar surface area (TPSA) is 76.5 Å². The number of likely N-dealkylation sites (tertiary alicyclic amines) is 1. The van der Waals surface area contributed by atoms with Crippen LogP contribution >= 0.6 is 11.3 Å². The first kappa shape index (κ1) is 13.7. The van der Waals surface area contributed by atoms with Crippen LogP contribution in [0.5, 0.6) is 0 Å². The Kier molecular flexibility index (Phi) is 3.82. The molecule has 3 heterocycles. The zero-order chi connectivity index (χ0) is 14.1. The summed E-state index contributed by atoms with van der Waals surface area (Å²) in [5, 5.41) is 3.98. The highest BCUT2D eigenvalue weighted by molar-refractivity contribution is 7.14. The molecule has 6 nitrogen and oxygen atoms in total. The van der Waals surface area contributed by atoms with Crippen LogP contribution in [0.4, 0.5) is 0 Å². The second-order valence-electron chi connectivity index (χ2n) is 5.41. The van der Waals surface area contributed by atoms with Crippen molar-refractivity contribution in [2.75, 3.05) is 13.1 Å². The molecule has 20 heavy (non-hydrogen) atoms. The molecule has 0 aliphatic carbocycles. The quantitative estimate of drug-likeness (QED) is 0.902. The van der Waals surface area contributed by atoms with Gasteiger partial charge in [0.2, 0.25) is 4.96 Å². The Balaban J connectivity index is 1.86. The number of nitrogens with zero attached hydrogens (tertiary/aromatic N) is 4. The van der Waals surface area contributed by atoms with E-state index >= 15 is 0 Å². The summed E-state index contributed by atoms with van der Waals surface area (Å²) in [4.78, 5) is 19.5. The van der Waals surface area contributed by atoms with E-state index in [4.69, 9.17) is 5.73 Å². The van der Waals surface area contributed by atoms with Gasteiger partial charge in [-0.1, -0.05) is 18.3 Å². The van der Waals surface area contributed by atoms with E-state index < -0.39 is 0 Å². The van der Waals surface area contributed by atoms with Crippen LogP contribution in [0, 0.1) is 5.92 Å². The van der Waals surface area contributed by atoms with Crippen LogP contribution < -0.4 is 11.3 Å². The van der Waals surface area contributed by atoms with Gasteiger partial charge in [-0.05, 0) is 25.3 Å². The van der Waals surface area contributed by atoms with E-state index in [0.29, 0.717) is 30.0 Å². The maximum Gasteiger partial charge on any atom is 0.275 e. The normalized spacial score (nSPS) is 24.3. The third-order valence-electron chi connectivity index (χ3n) is 4.08. The van der Waals surface area contributed by atoms with Crippen molar-refractivity contribution >= 4 is 16.3 Å². The molecule has 1 fully saturated rings. The van der Waals surface area contributed by atoms with Crippen LogP contribution in [0.25, 0.3) is 4.96 Å². The van der Waals surface area contributed by atoms with Crippen molar-refractivity contribution in [2.24, 2.45) is 11.7 Å². The summed E-state index contributed by atoms with van der Waals surface area (Å²) < 4.78 is 1.34. The van der Waals surface area contributed by atoms with Crippen molar-refractivity contribution in [3.05, 3.63) is 27.6 Å². The molecule has 0 saturated carbocycles. The second kappa shape index (κ2) is 5.59. The Morgan fingerprint density at radius 1 is 1.55 bits per heavy atom. The summed E-state index contributed by atoms with van der Waals surface area (Å²) in [5.74, 6) is 0.599. The molecule has 1 aliphatic rings. The van der Waals surface area contributed by atoms with Gasteiger partial charge in [-0.2, -0.15) is 9.61 Å². The van der Waals surface area contributed by atoms with Crippen molar-refractivity contribution in [1.29, 1.82) is 0 Å². The predicted molar refractivity (Wildman–Crippen MR) is 78.8 cm³/mol. The number of rotatable bonds is 3. The number of piperidine rings is 1. The Morgan fingerprint density at radius 2 is 2.40 bits per heavy atom. The first-order valence-corrected chi connectivity index (χ1v) is 7.83. The molecule has 1 aliphatic heterocycles. The van der Waals surface area contributed by atoms with Crippen molar-refractivity contribution in [2.45, 2.75) is 32.4 Å². The Hall–Kier alpha value is -1.31. The third-order valence-corrected chi connectivity index (χ3v) is 4.75. The molecule has 108 valence electrons. The van der Waals surface area contributed by atoms with Crippen LogP contribution in [0.2, 0.25) is 0 Å². The van der Waals surface area contributed by atoms with Gasteiger partial charge in [-0.3, -0.25) is 9.69 Å². The molecule has 7 heteroatoms. The van der Waals surface area contributed by atoms with E-state index in [1.807, 2.05) is 0 Å². The zero-order valence-corrected chi connectivity index (χ0v) is 12.3. The van der Waals surface area contributed by atoms with Crippen molar-refractivity contribution in [1.82, 2.24) is 19.5 Å². The molecule has 0 radical (unpaired) electrons. The molecule has 0 amide bonds. The SMILES string of the molecule is CC1CCCN(Cc2cc(=O)n3ncsc3n2)C1CN. The van der Waals surface area contributed by atoms with Crippen LogP contribution in [0.3, 0.4) is 0 Å². The summed E-state index contributed by atoms with van der Waals surface area (Å²) in [6.07, 6.45) is 2.40. The number of fused-ring (bicyclic) bond motifs is 1. The molecule has 0 bridgehead atoms. The van der Waals surface area contributed by atoms with Crippen LogP contribution in [0.15, 0.2) is 16.4 Å². The van der Waals surface area contributed by atoms with Crippen molar-refractivity contribution in [3.8, 4) is 0 Å². The highest BCUT2D eigenvalue weighted by atomic mass is 32.1. The smallest absolute Gasteiger partial charge is 0.275 e. The molecule has 2 N–H and O–H groups in total. The third kappa shape index (κ3) is 2.48. The zero-order valence-electron chi connectivity index (χ0n) is 11.5. The molecule has 2 unspecified atom stereocenters. The van der Waals surface area contributed by atoms with E-state index in [1.54, 1.807) is 11.6 Å². The number of aromatic nitrogens is 3. The largest absolute Gasteiger partial charge is 0.329 e. The van der Waals surface area contributed by atoms with E-state index in [2.05, 4.69) is 21.9 Å². The van der Waals surface area contributed by atoms with Crippen molar-refractivity contribution < 1.29 is 0 Å². The maximum atomic E-state index is 11.9. The van der Waals surface area contributed by atoms with Gasteiger partial charge in [0.05, 0.1) is 5.69 Å². The summed E-state index contributed by atoms with van der Waals surface area (Å²) in [7, 11) is 0. The highest BCUT2D eigenvalue weighted by Crippen LogP contribution is 2.23. The van der Waals surface area contributed by atoms with Gasteiger partial charge in [0.25, 0.3) is 5.56 Å². The Bertz CT molecular complexity index is 651. The Labute approximate surface area is 121 Å². The molecule has 2 aromatic rings. The molecule has 1 saturated heterocycles. The standard InChI is InChI=1S/C13H19N5OS/c1-9-3-2-4-17(11(9)6-14)7-10-5-12(19)18-13(16-10)20-8-15-18/h5,8-9,11H,2-4,6-7,14H2,1H3. The van der Waals surface area contributed by atoms with E-state index in [1.165, 1.54) is 28.7 Å². The monoisotopic (exact) mass is 293 g/mol. The molecular weight excluding hydrogens is 274 g/mol.